The van der Waals surface area contributed by atoms with Gasteiger partial charge >= 0.3 is 0 Å². The molecule has 0 saturated heterocycles. The first-order valence-corrected chi connectivity index (χ1v) is 12.4. The Morgan fingerprint density at radius 2 is 1.81 bits per heavy atom. The summed E-state index contributed by atoms with van der Waals surface area (Å²) in [6.45, 7) is 1.78. The van der Waals surface area contributed by atoms with Gasteiger partial charge in [-0.25, -0.2) is 0 Å². The van der Waals surface area contributed by atoms with Crippen molar-refractivity contribution in [2.45, 2.75) is 51.4 Å². The van der Waals surface area contributed by atoms with E-state index in [2.05, 4.69) is 16.7 Å². The zero-order chi connectivity index (χ0) is 25.1. The summed E-state index contributed by atoms with van der Waals surface area (Å²) in [6, 6.07) is 21.2. The third-order valence-electron chi connectivity index (χ3n) is 6.87. The van der Waals surface area contributed by atoms with E-state index < -0.39 is 0 Å². The molecular formula is C29H31N3O4. The minimum Gasteiger partial charge on any atom is -0.496 e. The SMILES string of the molecule is COc1ccc(C2Nc3ccccc3C(=O)N2C2CCCC2)cc1COc1ccc(NC(C)=O)cc1. The van der Waals surface area contributed by atoms with Crippen molar-refractivity contribution in [1.82, 2.24) is 4.90 Å². The Bertz CT molecular complexity index is 1250. The lowest BCUT2D eigenvalue weighted by molar-refractivity contribution is -0.114. The van der Waals surface area contributed by atoms with E-state index in [1.165, 1.54) is 6.92 Å². The van der Waals surface area contributed by atoms with E-state index in [0.29, 0.717) is 12.4 Å². The lowest BCUT2D eigenvalue weighted by Crippen LogP contribution is -2.47. The number of methoxy groups -OCH3 is 1. The van der Waals surface area contributed by atoms with Crippen LogP contribution in [0.3, 0.4) is 0 Å². The second-order valence-corrected chi connectivity index (χ2v) is 9.31. The van der Waals surface area contributed by atoms with E-state index in [4.69, 9.17) is 9.47 Å². The van der Waals surface area contributed by atoms with Gasteiger partial charge in [0.25, 0.3) is 5.91 Å². The van der Waals surface area contributed by atoms with Gasteiger partial charge in [0.1, 0.15) is 24.3 Å². The summed E-state index contributed by atoms with van der Waals surface area (Å²) in [7, 11) is 1.64. The highest BCUT2D eigenvalue weighted by Crippen LogP contribution is 2.39. The molecule has 36 heavy (non-hydrogen) atoms. The highest BCUT2D eigenvalue weighted by molar-refractivity contribution is 6.02. The summed E-state index contributed by atoms with van der Waals surface area (Å²) in [6.07, 6.45) is 4.06. The molecule has 2 N–H and O–H groups in total. The van der Waals surface area contributed by atoms with Gasteiger partial charge < -0.3 is 25.0 Å². The molecule has 0 bridgehead atoms. The maximum atomic E-state index is 13.6. The first-order valence-electron chi connectivity index (χ1n) is 12.4. The molecule has 0 radical (unpaired) electrons. The number of carbonyl (C=O) groups excluding carboxylic acids is 2. The van der Waals surface area contributed by atoms with Crippen molar-refractivity contribution in [2.24, 2.45) is 0 Å². The van der Waals surface area contributed by atoms with Gasteiger partial charge in [0.05, 0.1) is 12.7 Å². The minimum atomic E-state index is -0.267. The number of nitrogens with zero attached hydrogens (tertiary/aromatic N) is 1. The molecule has 3 aromatic carbocycles. The average Bonchev–Trinajstić information content (AvgIpc) is 3.42. The number of hydrogen-bond acceptors (Lipinski definition) is 5. The van der Waals surface area contributed by atoms with Crippen molar-refractivity contribution >= 4 is 23.2 Å². The Kier molecular flexibility index (Phi) is 6.80. The molecule has 1 aliphatic carbocycles. The zero-order valence-corrected chi connectivity index (χ0v) is 20.6. The smallest absolute Gasteiger partial charge is 0.258 e. The Balaban J connectivity index is 1.41. The third kappa shape index (κ3) is 4.87. The van der Waals surface area contributed by atoms with Gasteiger partial charge in [-0.1, -0.05) is 31.0 Å². The number of nitrogens with one attached hydrogen (secondary N) is 2. The minimum absolute atomic E-state index is 0.0779. The molecule has 1 saturated carbocycles. The van der Waals surface area contributed by atoms with Crippen LogP contribution in [-0.2, 0) is 11.4 Å². The maximum Gasteiger partial charge on any atom is 0.258 e. The Morgan fingerprint density at radius 3 is 2.53 bits per heavy atom. The number of para-hydroxylation sites is 1. The molecule has 0 spiro atoms. The first-order chi connectivity index (χ1) is 17.5. The fraction of sp³-hybridized carbons (Fsp3) is 0.310. The normalized spacial score (nSPS) is 17.3. The van der Waals surface area contributed by atoms with Gasteiger partial charge in [-0.15, -0.1) is 0 Å². The number of anilines is 2. The molecule has 1 aliphatic heterocycles. The van der Waals surface area contributed by atoms with E-state index in [1.807, 2.05) is 53.4 Å². The molecule has 1 unspecified atom stereocenters. The van der Waals surface area contributed by atoms with Crippen molar-refractivity contribution in [1.29, 1.82) is 0 Å². The zero-order valence-electron chi connectivity index (χ0n) is 20.6. The van der Waals surface area contributed by atoms with Gasteiger partial charge in [-0.3, -0.25) is 9.59 Å². The number of ether oxygens (including phenoxy) is 2. The van der Waals surface area contributed by atoms with Crippen LogP contribution in [0.2, 0.25) is 0 Å². The van der Waals surface area contributed by atoms with E-state index in [1.54, 1.807) is 19.2 Å². The lowest BCUT2D eigenvalue weighted by Gasteiger charge is -2.42. The predicted octanol–water partition coefficient (Wildman–Crippen LogP) is 5.74. The number of amides is 2. The van der Waals surface area contributed by atoms with Crippen molar-refractivity contribution in [3.63, 3.8) is 0 Å². The molecule has 7 nitrogen and oxygen atoms in total. The molecule has 1 atom stereocenters. The fourth-order valence-electron chi connectivity index (χ4n) is 5.15. The quantitative estimate of drug-likeness (QED) is 0.446. The van der Waals surface area contributed by atoms with Gasteiger partial charge in [0.2, 0.25) is 5.91 Å². The van der Waals surface area contributed by atoms with E-state index in [-0.39, 0.29) is 24.0 Å². The summed E-state index contributed by atoms with van der Waals surface area (Å²) >= 11 is 0. The maximum absolute atomic E-state index is 13.6. The van der Waals surface area contributed by atoms with Crippen LogP contribution in [0.25, 0.3) is 0 Å². The number of fused-ring (bicyclic) bond motifs is 1. The van der Waals surface area contributed by atoms with E-state index in [9.17, 15) is 9.59 Å². The van der Waals surface area contributed by atoms with Gasteiger partial charge in [-0.05, 0) is 66.9 Å². The average molecular weight is 486 g/mol. The highest BCUT2D eigenvalue weighted by Gasteiger charge is 2.38. The molecule has 3 aromatic rings. The lowest BCUT2D eigenvalue weighted by atomic mass is 9.99. The van der Waals surface area contributed by atoms with Crippen LogP contribution in [0.1, 0.15) is 60.3 Å². The molecule has 186 valence electrons. The van der Waals surface area contributed by atoms with Crippen LogP contribution in [0, 0.1) is 0 Å². The van der Waals surface area contributed by atoms with Crippen LogP contribution < -0.4 is 20.1 Å². The Morgan fingerprint density at radius 1 is 1.06 bits per heavy atom. The first kappa shape index (κ1) is 23.7. The monoisotopic (exact) mass is 485 g/mol. The fourth-order valence-corrected chi connectivity index (χ4v) is 5.15. The molecule has 5 rings (SSSR count). The molecular weight excluding hydrogens is 454 g/mol. The molecule has 7 heteroatoms. The van der Waals surface area contributed by atoms with Crippen molar-refractivity contribution < 1.29 is 19.1 Å². The number of hydrogen-bond donors (Lipinski definition) is 2. The van der Waals surface area contributed by atoms with Crippen LogP contribution in [0.5, 0.6) is 11.5 Å². The largest absolute Gasteiger partial charge is 0.496 e. The highest BCUT2D eigenvalue weighted by atomic mass is 16.5. The summed E-state index contributed by atoms with van der Waals surface area (Å²) < 4.78 is 11.7. The third-order valence-corrected chi connectivity index (χ3v) is 6.87. The van der Waals surface area contributed by atoms with Gasteiger partial charge in [0.15, 0.2) is 0 Å². The van der Waals surface area contributed by atoms with Crippen molar-refractivity contribution in [3.05, 3.63) is 83.4 Å². The molecule has 2 aliphatic rings. The van der Waals surface area contributed by atoms with Crippen LogP contribution in [0.15, 0.2) is 66.7 Å². The Labute approximate surface area is 211 Å². The van der Waals surface area contributed by atoms with Crippen LogP contribution in [-0.4, -0.2) is 29.9 Å². The number of carbonyl (C=O) groups is 2. The number of rotatable bonds is 7. The van der Waals surface area contributed by atoms with Gasteiger partial charge in [-0.2, -0.15) is 0 Å². The molecule has 2 amide bonds. The summed E-state index contributed by atoms with van der Waals surface area (Å²) in [5.41, 5.74) is 4.18. The van der Waals surface area contributed by atoms with E-state index >= 15 is 0 Å². The van der Waals surface area contributed by atoms with Crippen molar-refractivity contribution in [2.75, 3.05) is 17.7 Å². The second-order valence-electron chi connectivity index (χ2n) is 9.31. The predicted molar refractivity (Wildman–Crippen MR) is 139 cm³/mol. The standard InChI is InChI=1S/C29H31N3O4/c1-19(33)30-22-12-14-24(15-13-22)36-18-21-17-20(11-16-27(21)35-2)28-31-26-10-6-5-9-25(26)29(34)32(28)23-7-3-4-8-23/h5-6,9-17,23,28,31H,3-4,7-8,18H2,1-2H3,(H,30,33). The van der Waals surface area contributed by atoms with Crippen LogP contribution >= 0.6 is 0 Å². The Hall–Kier alpha value is -4.00. The second kappa shape index (κ2) is 10.3. The summed E-state index contributed by atoms with van der Waals surface area (Å²) in [5.74, 6) is 1.37. The van der Waals surface area contributed by atoms with Gasteiger partial charge in [0, 0.05) is 29.9 Å². The van der Waals surface area contributed by atoms with Crippen molar-refractivity contribution in [3.8, 4) is 11.5 Å². The topological polar surface area (TPSA) is 79.9 Å². The molecule has 0 aromatic heterocycles. The van der Waals surface area contributed by atoms with E-state index in [0.717, 1.165) is 59.5 Å². The molecule has 1 fully saturated rings. The molecule has 1 heterocycles. The van der Waals surface area contributed by atoms with Crippen LogP contribution in [0.4, 0.5) is 11.4 Å². The summed E-state index contributed by atoms with van der Waals surface area (Å²) in [4.78, 5) is 26.9. The number of benzene rings is 3. The summed E-state index contributed by atoms with van der Waals surface area (Å²) in [5, 5.41) is 6.37.